The molecule has 0 fully saturated rings. The van der Waals surface area contributed by atoms with E-state index in [9.17, 15) is 13.2 Å². The van der Waals surface area contributed by atoms with Crippen LogP contribution in [-0.2, 0) is 21.4 Å². The molecule has 142 valence electrons. The highest BCUT2D eigenvalue weighted by Crippen LogP contribution is 2.28. The summed E-state index contributed by atoms with van der Waals surface area (Å²) in [6, 6.07) is 17.6. The molecule has 1 amide bonds. The fourth-order valence-electron chi connectivity index (χ4n) is 3.14. The lowest BCUT2D eigenvalue weighted by Crippen LogP contribution is -2.24. The number of aromatic nitrogens is 2. The molecule has 4 aromatic rings. The molecule has 4 rings (SSSR count). The molecule has 0 aliphatic heterocycles. The van der Waals surface area contributed by atoms with Crippen molar-refractivity contribution in [2.75, 3.05) is 5.32 Å². The maximum absolute atomic E-state index is 12.9. The van der Waals surface area contributed by atoms with Crippen LogP contribution >= 0.6 is 0 Å². The van der Waals surface area contributed by atoms with Crippen LogP contribution in [0.4, 0.5) is 5.69 Å². The number of rotatable bonds is 5. The fourth-order valence-corrected chi connectivity index (χ4v) is 4.35. The molecule has 7 nitrogen and oxygen atoms in total. The summed E-state index contributed by atoms with van der Waals surface area (Å²) >= 11 is 0. The monoisotopic (exact) mass is 394 g/mol. The predicted molar refractivity (Wildman–Crippen MR) is 108 cm³/mol. The van der Waals surface area contributed by atoms with Gasteiger partial charge in [0, 0.05) is 23.4 Å². The van der Waals surface area contributed by atoms with Crippen molar-refractivity contribution in [2.45, 2.75) is 18.4 Å². The summed E-state index contributed by atoms with van der Waals surface area (Å²) in [5, 5.41) is 3.92. The van der Waals surface area contributed by atoms with Gasteiger partial charge in [0.15, 0.2) is 0 Å². The number of imidazole rings is 1. The summed E-state index contributed by atoms with van der Waals surface area (Å²) in [4.78, 5) is 19.1. The van der Waals surface area contributed by atoms with Gasteiger partial charge in [0.2, 0.25) is 15.9 Å². The molecule has 0 atom stereocenters. The van der Waals surface area contributed by atoms with Crippen LogP contribution in [0.2, 0.25) is 0 Å². The van der Waals surface area contributed by atoms with E-state index >= 15 is 0 Å². The van der Waals surface area contributed by atoms with Crippen LogP contribution in [0.3, 0.4) is 0 Å². The van der Waals surface area contributed by atoms with E-state index in [1.54, 1.807) is 36.4 Å². The number of para-hydroxylation sites is 2. The van der Waals surface area contributed by atoms with E-state index in [4.69, 9.17) is 0 Å². The van der Waals surface area contributed by atoms with Crippen LogP contribution in [0.5, 0.6) is 0 Å². The van der Waals surface area contributed by atoms with Gasteiger partial charge in [0.1, 0.15) is 5.82 Å². The Morgan fingerprint density at radius 3 is 2.54 bits per heavy atom. The Balaban J connectivity index is 1.67. The van der Waals surface area contributed by atoms with Gasteiger partial charge < -0.3 is 10.3 Å². The van der Waals surface area contributed by atoms with Gasteiger partial charge in [-0.3, -0.25) is 4.79 Å². The first-order chi connectivity index (χ1) is 13.4. The number of hydrogen-bond acceptors (Lipinski definition) is 4. The summed E-state index contributed by atoms with van der Waals surface area (Å²) in [5.74, 6) is 0.313. The van der Waals surface area contributed by atoms with Crippen molar-refractivity contribution in [1.82, 2.24) is 14.7 Å². The number of benzene rings is 3. The second kappa shape index (κ2) is 7.06. The lowest BCUT2D eigenvalue weighted by atomic mass is 10.1. The van der Waals surface area contributed by atoms with Crippen molar-refractivity contribution in [3.05, 3.63) is 66.5 Å². The van der Waals surface area contributed by atoms with Crippen LogP contribution in [0.25, 0.3) is 21.8 Å². The minimum atomic E-state index is -3.79. The van der Waals surface area contributed by atoms with Crippen molar-refractivity contribution in [1.29, 1.82) is 0 Å². The number of anilines is 1. The van der Waals surface area contributed by atoms with Crippen LogP contribution in [0.1, 0.15) is 12.7 Å². The number of carbonyl (C=O) groups is 1. The SMILES string of the molecule is CC(=O)Nc1cccc2c(S(=O)(=O)NCc3nc4ccccc4[nH]3)cccc12. The number of carbonyl (C=O) groups excluding carboxylic acids is 1. The Labute approximate surface area is 161 Å². The zero-order chi connectivity index (χ0) is 19.7. The number of fused-ring (bicyclic) bond motifs is 2. The minimum Gasteiger partial charge on any atom is -0.341 e. The smallest absolute Gasteiger partial charge is 0.241 e. The first kappa shape index (κ1) is 18.1. The van der Waals surface area contributed by atoms with Crippen molar-refractivity contribution in [3.63, 3.8) is 0 Å². The standard InChI is InChI=1S/C20H18N4O3S/c1-13(25)22-16-10-4-7-15-14(16)6-5-11-19(15)28(26,27)21-12-20-23-17-8-2-3-9-18(17)24-20/h2-11,21H,12H2,1H3,(H,22,25)(H,23,24). The quantitative estimate of drug-likeness (QED) is 0.484. The number of H-pyrrole nitrogens is 1. The summed E-state index contributed by atoms with van der Waals surface area (Å²) in [6.07, 6.45) is 0. The van der Waals surface area contributed by atoms with E-state index < -0.39 is 10.0 Å². The van der Waals surface area contributed by atoms with E-state index in [0.717, 1.165) is 11.0 Å². The highest BCUT2D eigenvalue weighted by Gasteiger charge is 2.19. The number of aromatic amines is 1. The molecule has 3 N–H and O–H groups in total. The van der Waals surface area contributed by atoms with Crippen molar-refractivity contribution < 1.29 is 13.2 Å². The zero-order valence-electron chi connectivity index (χ0n) is 15.1. The first-order valence-corrected chi connectivity index (χ1v) is 10.1. The van der Waals surface area contributed by atoms with Gasteiger partial charge in [-0.2, -0.15) is 0 Å². The third-order valence-electron chi connectivity index (χ3n) is 4.35. The Bertz CT molecular complexity index is 1260. The maximum Gasteiger partial charge on any atom is 0.241 e. The lowest BCUT2D eigenvalue weighted by Gasteiger charge is -2.12. The van der Waals surface area contributed by atoms with Gasteiger partial charge in [-0.15, -0.1) is 0 Å². The van der Waals surface area contributed by atoms with Crippen molar-refractivity contribution >= 4 is 43.4 Å². The number of amides is 1. The van der Waals surface area contributed by atoms with E-state index in [-0.39, 0.29) is 17.3 Å². The minimum absolute atomic E-state index is 0.0405. The van der Waals surface area contributed by atoms with Gasteiger partial charge in [0.05, 0.1) is 22.5 Å². The van der Waals surface area contributed by atoms with Crippen molar-refractivity contribution in [2.24, 2.45) is 0 Å². The average Bonchev–Trinajstić information content (AvgIpc) is 3.09. The normalized spacial score (nSPS) is 11.8. The molecule has 0 spiro atoms. The number of nitrogens with one attached hydrogen (secondary N) is 3. The number of hydrogen-bond donors (Lipinski definition) is 3. The molecule has 1 heterocycles. The molecule has 0 aliphatic carbocycles. The molecule has 28 heavy (non-hydrogen) atoms. The van der Waals surface area contributed by atoms with Crippen LogP contribution in [0, 0.1) is 0 Å². The molecule has 0 unspecified atom stereocenters. The summed E-state index contributed by atoms with van der Waals surface area (Å²) in [5.41, 5.74) is 2.20. The molecule has 0 aliphatic rings. The molecule has 0 radical (unpaired) electrons. The zero-order valence-corrected chi connectivity index (χ0v) is 15.9. The third-order valence-corrected chi connectivity index (χ3v) is 5.81. The highest BCUT2D eigenvalue weighted by atomic mass is 32.2. The van der Waals surface area contributed by atoms with Gasteiger partial charge in [-0.25, -0.2) is 18.1 Å². The Kier molecular flexibility index (Phi) is 4.58. The van der Waals surface area contributed by atoms with Gasteiger partial charge in [-0.05, 0) is 24.3 Å². The molecular formula is C20H18N4O3S. The molecule has 0 bridgehead atoms. The van der Waals surface area contributed by atoms with Gasteiger partial charge >= 0.3 is 0 Å². The first-order valence-electron chi connectivity index (χ1n) is 8.67. The number of sulfonamides is 1. The highest BCUT2D eigenvalue weighted by molar-refractivity contribution is 7.89. The summed E-state index contributed by atoms with van der Waals surface area (Å²) < 4.78 is 28.5. The summed E-state index contributed by atoms with van der Waals surface area (Å²) in [7, 11) is -3.79. The molecule has 8 heteroatoms. The molecule has 0 saturated carbocycles. The fraction of sp³-hybridized carbons (Fsp3) is 0.100. The molecule has 0 saturated heterocycles. The largest absolute Gasteiger partial charge is 0.341 e. The molecular weight excluding hydrogens is 376 g/mol. The van der Waals surface area contributed by atoms with Crippen LogP contribution in [0.15, 0.2) is 65.6 Å². The van der Waals surface area contributed by atoms with Gasteiger partial charge in [-0.1, -0.05) is 36.4 Å². The Morgan fingerprint density at radius 2 is 1.75 bits per heavy atom. The molecule has 1 aromatic heterocycles. The van der Waals surface area contributed by atoms with Crippen molar-refractivity contribution in [3.8, 4) is 0 Å². The third kappa shape index (κ3) is 3.47. The van der Waals surface area contributed by atoms with E-state index in [1.165, 1.54) is 6.92 Å². The van der Waals surface area contributed by atoms with Crippen LogP contribution in [-0.4, -0.2) is 24.3 Å². The topological polar surface area (TPSA) is 104 Å². The second-order valence-electron chi connectivity index (χ2n) is 6.36. The summed E-state index contributed by atoms with van der Waals surface area (Å²) in [6.45, 7) is 1.45. The number of nitrogens with zero attached hydrogens (tertiary/aromatic N) is 1. The Hall–Kier alpha value is -3.23. The van der Waals surface area contributed by atoms with E-state index in [1.807, 2.05) is 24.3 Å². The lowest BCUT2D eigenvalue weighted by molar-refractivity contribution is -0.114. The van der Waals surface area contributed by atoms with E-state index in [2.05, 4.69) is 20.0 Å². The predicted octanol–water partition coefficient (Wildman–Crippen LogP) is 3.15. The maximum atomic E-state index is 12.9. The van der Waals surface area contributed by atoms with Gasteiger partial charge in [0.25, 0.3) is 0 Å². The second-order valence-corrected chi connectivity index (χ2v) is 8.10. The average molecular weight is 394 g/mol. The van der Waals surface area contributed by atoms with E-state index in [0.29, 0.717) is 22.3 Å². The Morgan fingerprint density at radius 1 is 1.00 bits per heavy atom. The molecule has 3 aromatic carbocycles. The van der Waals surface area contributed by atoms with Crippen LogP contribution < -0.4 is 10.0 Å².